The van der Waals surface area contributed by atoms with E-state index in [1.54, 1.807) is 0 Å². The monoisotopic (exact) mass is 270 g/mol. The standard InChI is InChI=1S/C8H18O2.2C2H6O2/c1-2-3-4-5-7-10-8-6-9;2*3-1-2-4/h9H,2-8H2,1H3;2*3-4H,1-2H2. The zero-order valence-electron chi connectivity index (χ0n) is 11.4. The van der Waals surface area contributed by atoms with Crippen LogP contribution in [0.4, 0.5) is 0 Å². The Hall–Kier alpha value is -0.240. The second-order valence-corrected chi connectivity index (χ2v) is 3.29. The minimum absolute atomic E-state index is 0.125. The highest BCUT2D eigenvalue weighted by Crippen LogP contribution is 1.98. The zero-order chi connectivity index (χ0) is 14.5. The van der Waals surface area contributed by atoms with Crippen molar-refractivity contribution in [1.29, 1.82) is 0 Å². The summed E-state index contributed by atoms with van der Waals surface area (Å²) in [5.41, 5.74) is 0. The van der Waals surface area contributed by atoms with Gasteiger partial charge in [0.15, 0.2) is 0 Å². The Labute approximate surface area is 110 Å². The van der Waals surface area contributed by atoms with Crippen molar-refractivity contribution in [3.63, 3.8) is 0 Å². The average Bonchev–Trinajstić information content (AvgIpc) is 2.43. The summed E-state index contributed by atoms with van der Waals surface area (Å²) in [4.78, 5) is 0. The van der Waals surface area contributed by atoms with E-state index in [1.807, 2.05) is 0 Å². The number of aliphatic hydroxyl groups is 5. The summed E-state index contributed by atoms with van der Waals surface area (Å²) in [7, 11) is 0. The molecule has 0 bridgehead atoms. The van der Waals surface area contributed by atoms with Crippen molar-refractivity contribution in [2.75, 3.05) is 46.2 Å². The van der Waals surface area contributed by atoms with E-state index in [9.17, 15) is 0 Å². The maximum atomic E-state index is 8.34. The molecule has 0 aliphatic heterocycles. The molecule has 0 aromatic heterocycles. The van der Waals surface area contributed by atoms with Gasteiger partial charge in [0.2, 0.25) is 0 Å². The van der Waals surface area contributed by atoms with Gasteiger partial charge in [-0.3, -0.25) is 0 Å². The molecule has 18 heavy (non-hydrogen) atoms. The highest BCUT2D eigenvalue weighted by atomic mass is 16.5. The molecular weight excluding hydrogens is 240 g/mol. The van der Waals surface area contributed by atoms with Crippen LogP contribution in [-0.4, -0.2) is 71.8 Å². The van der Waals surface area contributed by atoms with Crippen molar-refractivity contribution in [1.82, 2.24) is 0 Å². The van der Waals surface area contributed by atoms with Gasteiger partial charge in [0.25, 0.3) is 0 Å². The third-order valence-corrected chi connectivity index (χ3v) is 1.58. The Morgan fingerprint density at radius 3 is 1.44 bits per heavy atom. The van der Waals surface area contributed by atoms with Crippen molar-refractivity contribution < 1.29 is 30.3 Å². The Bertz CT molecular complexity index is 86.6. The van der Waals surface area contributed by atoms with Gasteiger partial charge in [0.1, 0.15) is 0 Å². The Morgan fingerprint density at radius 2 is 1.11 bits per heavy atom. The van der Waals surface area contributed by atoms with Crippen LogP contribution in [0.1, 0.15) is 32.6 Å². The van der Waals surface area contributed by atoms with Crippen molar-refractivity contribution in [2.45, 2.75) is 32.6 Å². The summed E-state index contributed by atoms with van der Waals surface area (Å²) in [6.45, 7) is 3.13. The lowest BCUT2D eigenvalue weighted by Crippen LogP contribution is -2.00. The van der Waals surface area contributed by atoms with Crippen LogP contribution in [0.2, 0.25) is 0 Å². The lowest BCUT2D eigenvalue weighted by Gasteiger charge is -2.00. The summed E-state index contributed by atoms with van der Waals surface area (Å²) in [5, 5.41) is 38.8. The van der Waals surface area contributed by atoms with Crippen LogP contribution in [-0.2, 0) is 4.74 Å². The molecule has 0 aliphatic rings. The Kier molecular flexibility index (Phi) is 38.3. The summed E-state index contributed by atoms with van der Waals surface area (Å²) < 4.78 is 5.08. The smallest absolute Gasteiger partial charge is 0.0697 e. The predicted octanol–water partition coefficient (Wildman–Crippen LogP) is -0.482. The van der Waals surface area contributed by atoms with Gasteiger partial charge in [0, 0.05) is 6.61 Å². The third kappa shape index (κ3) is 44.7. The summed E-state index contributed by atoms with van der Waals surface area (Å²) in [5.74, 6) is 0. The molecule has 0 aliphatic carbocycles. The molecule has 5 N–H and O–H groups in total. The molecule has 0 radical (unpaired) electrons. The van der Waals surface area contributed by atoms with Gasteiger partial charge < -0.3 is 30.3 Å². The Balaban J connectivity index is -0.000000233. The summed E-state index contributed by atoms with van der Waals surface area (Å²) in [6.07, 6.45) is 4.94. The molecule has 0 rings (SSSR count). The number of hydrogen-bond acceptors (Lipinski definition) is 6. The minimum Gasteiger partial charge on any atom is -0.394 e. The van der Waals surface area contributed by atoms with Crippen LogP contribution in [0.25, 0.3) is 0 Å². The van der Waals surface area contributed by atoms with E-state index in [4.69, 9.17) is 30.3 Å². The quantitative estimate of drug-likeness (QED) is 0.362. The van der Waals surface area contributed by atoms with Crippen LogP contribution in [0.15, 0.2) is 0 Å². The number of unbranched alkanes of at least 4 members (excludes halogenated alkanes) is 3. The van der Waals surface area contributed by atoms with Crippen LogP contribution in [0, 0.1) is 0 Å². The van der Waals surface area contributed by atoms with E-state index < -0.39 is 0 Å². The molecule has 6 nitrogen and oxygen atoms in total. The van der Waals surface area contributed by atoms with E-state index in [2.05, 4.69) is 6.92 Å². The SMILES string of the molecule is CCCCCCOCCO.OCCO.OCCO. The van der Waals surface area contributed by atoms with Crippen molar-refractivity contribution >= 4 is 0 Å². The lowest BCUT2D eigenvalue weighted by atomic mass is 10.2. The largest absolute Gasteiger partial charge is 0.394 e. The molecule has 114 valence electrons. The molecule has 0 heterocycles. The molecule has 0 fully saturated rings. The van der Waals surface area contributed by atoms with Crippen molar-refractivity contribution in [2.24, 2.45) is 0 Å². The third-order valence-electron chi connectivity index (χ3n) is 1.58. The molecule has 0 saturated heterocycles. The van der Waals surface area contributed by atoms with Crippen LogP contribution >= 0.6 is 0 Å². The van der Waals surface area contributed by atoms with Gasteiger partial charge >= 0.3 is 0 Å². The molecule has 0 saturated carbocycles. The van der Waals surface area contributed by atoms with Gasteiger partial charge in [0.05, 0.1) is 39.6 Å². The number of rotatable bonds is 9. The Morgan fingerprint density at radius 1 is 0.611 bits per heavy atom. The second kappa shape index (κ2) is 30.1. The van der Waals surface area contributed by atoms with E-state index in [0.29, 0.717) is 6.61 Å². The van der Waals surface area contributed by atoms with E-state index >= 15 is 0 Å². The zero-order valence-corrected chi connectivity index (χ0v) is 11.4. The molecule has 0 amide bonds. The van der Waals surface area contributed by atoms with Gasteiger partial charge in [-0.05, 0) is 6.42 Å². The number of ether oxygens (including phenoxy) is 1. The fourth-order valence-corrected chi connectivity index (χ4v) is 0.798. The average molecular weight is 270 g/mol. The van der Waals surface area contributed by atoms with E-state index in [-0.39, 0.29) is 33.0 Å². The highest BCUT2D eigenvalue weighted by Gasteiger charge is 1.87. The topological polar surface area (TPSA) is 110 Å². The van der Waals surface area contributed by atoms with Crippen molar-refractivity contribution in [3.05, 3.63) is 0 Å². The lowest BCUT2D eigenvalue weighted by molar-refractivity contribution is 0.0896. The first-order valence-electron chi connectivity index (χ1n) is 6.37. The van der Waals surface area contributed by atoms with Gasteiger partial charge in [-0.1, -0.05) is 26.2 Å². The molecule has 0 atom stereocenters. The molecule has 0 spiro atoms. The normalized spacial score (nSPS) is 9.00. The molecule has 0 aromatic carbocycles. The van der Waals surface area contributed by atoms with Crippen LogP contribution in [0.5, 0.6) is 0 Å². The number of hydrogen-bond donors (Lipinski definition) is 5. The summed E-state index contributed by atoms with van der Waals surface area (Å²) >= 11 is 0. The fraction of sp³-hybridized carbons (Fsp3) is 1.00. The molecular formula is C12H30O6. The van der Waals surface area contributed by atoms with Gasteiger partial charge in [-0.2, -0.15) is 0 Å². The first kappa shape index (κ1) is 22.9. The van der Waals surface area contributed by atoms with Gasteiger partial charge in [-0.25, -0.2) is 0 Å². The van der Waals surface area contributed by atoms with Crippen molar-refractivity contribution in [3.8, 4) is 0 Å². The maximum absolute atomic E-state index is 8.34. The van der Waals surface area contributed by atoms with E-state index in [1.165, 1.54) is 19.3 Å². The maximum Gasteiger partial charge on any atom is 0.0697 e. The second-order valence-electron chi connectivity index (χ2n) is 3.29. The van der Waals surface area contributed by atoms with Gasteiger partial charge in [-0.15, -0.1) is 0 Å². The highest BCUT2D eigenvalue weighted by molar-refractivity contribution is 4.38. The fourth-order valence-electron chi connectivity index (χ4n) is 0.798. The first-order chi connectivity index (χ1) is 8.74. The number of aliphatic hydroxyl groups excluding tert-OH is 5. The molecule has 0 aromatic rings. The van der Waals surface area contributed by atoms with Crippen LogP contribution in [0.3, 0.4) is 0 Å². The first-order valence-corrected chi connectivity index (χ1v) is 6.37. The molecule has 6 heteroatoms. The van der Waals surface area contributed by atoms with Crippen LogP contribution < -0.4 is 0 Å². The minimum atomic E-state index is -0.125. The predicted molar refractivity (Wildman–Crippen MR) is 70.4 cm³/mol. The van der Waals surface area contributed by atoms with E-state index in [0.717, 1.165) is 13.0 Å². The summed E-state index contributed by atoms with van der Waals surface area (Å²) in [6, 6.07) is 0. The molecule has 0 unspecified atom stereocenters.